The number of ether oxygens (including phenoxy) is 1. The number of hydrogen-bond donors (Lipinski definition) is 1. The van der Waals surface area contributed by atoms with Gasteiger partial charge >= 0.3 is 0 Å². The molecule has 2 aliphatic rings. The fourth-order valence-corrected chi connectivity index (χ4v) is 2.95. The quantitative estimate of drug-likeness (QED) is 0.764. The number of morpholine rings is 1. The molecule has 0 aromatic rings. The zero-order valence-electron chi connectivity index (χ0n) is 9.98. The lowest BCUT2D eigenvalue weighted by Crippen LogP contribution is -2.55. The third-order valence-corrected chi connectivity index (χ3v) is 3.85. The minimum atomic E-state index is 0.364. The second kappa shape index (κ2) is 4.81. The Morgan fingerprint density at radius 1 is 1.27 bits per heavy atom. The molecule has 1 heterocycles. The molecule has 0 amide bonds. The molecule has 2 fully saturated rings. The first kappa shape index (κ1) is 11.4. The van der Waals surface area contributed by atoms with Crippen molar-refractivity contribution in [2.45, 2.75) is 51.4 Å². The van der Waals surface area contributed by atoms with Gasteiger partial charge in [-0.05, 0) is 32.6 Å². The topological polar surface area (TPSA) is 38.5 Å². The maximum absolute atomic E-state index is 5.92. The highest BCUT2D eigenvalue weighted by atomic mass is 16.5. The van der Waals surface area contributed by atoms with Crippen molar-refractivity contribution >= 4 is 0 Å². The number of hydrogen-bond acceptors (Lipinski definition) is 3. The highest BCUT2D eigenvalue weighted by molar-refractivity contribution is 4.88. The summed E-state index contributed by atoms with van der Waals surface area (Å²) in [6.07, 6.45) is 4.88. The maximum Gasteiger partial charge on any atom is 0.0678 e. The summed E-state index contributed by atoms with van der Waals surface area (Å²) in [4.78, 5) is 2.56. The van der Waals surface area contributed by atoms with Crippen LogP contribution in [0.2, 0.25) is 0 Å². The van der Waals surface area contributed by atoms with Gasteiger partial charge in [-0.1, -0.05) is 6.42 Å². The molecular weight excluding hydrogens is 188 g/mol. The van der Waals surface area contributed by atoms with E-state index in [9.17, 15) is 0 Å². The van der Waals surface area contributed by atoms with Crippen LogP contribution in [0.15, 0.2) is 0 Å². The van der Waals surface area contributed by atoms with E-state index in [0.717, 1.165) is 25.6 Å². The summed E-state index contributed by atoms with van der Waals surface area (Å²) in [5, 5.41) is 0. The third kappa shape index (κ3) is 2.52. The molecule has 2 rings (SSSR count). The largest absolute Gasteiger partial charge is 0.373 e. The van der Waals surface area contributed by atoms with Gasteiger partial charge in [-0.15, -0.1) is 0 Å². The third-order valence-electron chi connectivity index (χ3n) is 3.85. The first-order valence-corrected chi connectivity index (χ1v) is 6.30. The van der Waals surface area contributed by atoms with Crippen molar-refractivity contribution in [2.24, 2.45) is 11.7 Å². The number of nitrogens with zero attached hydrogens (tertiary/aromatic N) is 1. The van der Waals surface area contributed by atoms with E-state index in [1.807, 2.05) is 0 Å². The summed E-state index contributed by atoms with van der Waals surface area (Å²) in [6.45, 7) is 7.25. The summed E-state index contributed by atoms with van der Waals surface area (Å²) in [6, 6.07) is 0.604. The maximum atomic E-state index is 5.92. The molecule has 1 saturated carbocycles. The number of rotatable bonds is 3. The minimum Gasteiger partial charge on any atom is -0.373 e. The standard InChI is InChI=1S/C12H24N2O/c1-9-7-14(8-10(2)15-9)12(6-13)11-4-3-5-11/h9-12H,3-8,13H2,1-2H3. The average Bonchev–Trinajstić information content (AvgIpc) is 2.08. The van der Waals surface area contributed by atoms with Gasteiger partial charge in [0.2, 0.25) is 0 Å². The second-order valence-corrected chi connectivity index (χ2v) is 5.21. The molecule has 1 saturated heterocycles. The molecule has 88 valence electrons. The van der Waals surface area contributed by atoms with Gasteiger partial charge in [-0.3, -0.25) is 4.90 Å². The van der Waals surface area contributed by atoms with E-state index in [1.165, 1.54) is 19.3 Å². The van der Waals surface area contributed by atoms with Gasteiger partial charge in [0.25, 0.3) is 0 Å². The SMILES string of the molecule is CC1CN(C(CN)C2CCC2)CC(C)O1. The molecule has 0 bridgehead atoms. The van der Waals surface area contributed by atoms with Crippen LogP contribution < -0.4 is 5.73 Å². The summed E-state index contributed by atoms with van der Waals surface area (Å²) in [5.74, 6) is 0.854. The molecule has 0 radical (unpaired) electrons. The fraction of sp³-hybridized carbons (Fsp3) is 1.00. The summed E-state index contributed by atoms with van der Waals surface area (Å²) >= 11 is 0. The molecular formula is C12H24N2O. The van der Waals surface area contributed by atoms with Gasteiger partial charge in [0.1, 0.15) is 0 Å². The molecule has 15 heavy (non-hydrogen) atoms. The Morgan fingerprint density at radius 2 is 1.87 bits per heavy atom. The van der Waals surface area contributed by atoms with Crippen molar-refractivity contribution in [3.8, 4) is 0 Å². The van der Waals surface area contributed by atoms with E-state index < -0.39 is 0 Å². The van der Waals surface area contributed by atoms with Crippen LogP contribution in [0.3, 0.4) is 0 Å². The molecule has 0 aromatic heterocycles. The van der Waals surface area contributed by atoms with Crippen molar-refractivity contribution in [3.63, 3.8) is 0 Å². The Balaban J connectivity index is 1.93. The van der Waals surface area contributed by atoms with Crippen LogP contribution in [0, 0.1) is 5.92 Å². The van der Waals surface area contributed by atoms with Gasteiger partial charge in [0, 0.05) is 25.7 Å². The minimum absolute atomic E-state index is 0.364. The Labute approximate surface area is 93.0 Å². The van der Waals surface area contributed by atoms with Crippen LogP contribution in [-0.4, -0.2) is 42.8 Å². The smallest absolute Gasteiger partial charge is 0.0678 e. The van der Waals surface area contributed by atoms with E-state index >= 15 is 0 Å². The summed E-state index contributed by atoms with van der Waals surface area (Å²) < 4.78 is 5.76. The number of nitrogens with two attached hydrogens (primary N) is 1. The van der Waals surface area contributed by atoms with Crippen LogP contribution in [0.5, 0.6) is 0 Å². The van der Waals surface area contributed by atoms with E-state index in [-0.39, 0.29) is 0 Å². The zero-order valence-corrected chi connectivity index (χ0v) is 9.98. The van der Waals surface area contributed by atoms with Crippen LogP contribution in [0.25, 0.3) is 0 Å². The van der Waals surface area contributed by atoms with Crippen molar-refractivity contribution in [3.05, 3.63) is 0 Å². The molecule has 1 aliphatic heterocycles. The normalized spacial score (nSPS) is 36.2. The molecule has 1 aliphatic carbocycles. The van der Waals surface area contributed by atoms with Crippen LogP contribution in [0.1, 0.15) is 33.1 Å². The highest BCUT2D eigenvalue weighted by Crippen LogP contribution is 2.32. The Morgan fingerprint density at radius 3 is 2.27 bits per heavy atom. The molecule has 3 atom stereocenters. The molecule has 2 N–H and O–H groups in total. The molecule has 0 spiro atoms. The van der Waals surface area contributed by atoms with Gasteiger partial charge in [0.05, 0.1) is 12.2 Å². The Hall–Kier alpha value is -0.120. The van der Waals surface area contributed by atoms with Gasteiger partial charge in [-0.2, -0.15) is 0 Å². The lowest BCUT2D eigenvalue weighted by atomic mass is 9.78. The second-order valence-electron chi connectivity index (χ2n) is 5.21. The summed E-state index contributed by atoms with van der Waals surface area (Å²) in [7, 11) is 0. The van der Waals surface area contributed by atoms with Crippen molar-refractivity contribution < 1.29 is 4.74 Å². The molecule has 3 unspecified atom stereocenters. The predicted octanol–water partition coefficient (Wildman–Crippen LogP) is 1.22. The van der Waals surface area contributed by atoms with Crippen LogP contribution in [0.4, 0.5) is 0 Å². The van der Waals surface area contributed by atoms with Gasteiger partial charge in [0.15, 0.2) is 0 Å². The highest BCUT2D eigenvalue weighted by Gasteiger charge is 2.34. The van der Waals surface area contributed by atoms with Crippen molar-refractivity contribution in [1.82, 2.24) is 4.90 Å². The fourth-order valence-electron chi connectivity index (χ4n) is 2.95. The van der Waals surface area contributed by atoms with E-state index in [1.54, 1.807) is 0 Å². The average molecular weight is 212 g/mol. The zero-order chi connectivity index (χ0) is 10.8. The molecule has 0 aromatic carbocycles. The van der Waals surface area contributed by atoms with Gasteiger partial charge < -0.3 is 10.5 Å². The summed E-state index contributed by atoms with van der Waals surface area (Å²) in [5.41, 5.74) is 5.92. The first-order valence-electron chi connectivity index (χ1n) is 6.30. The van der Waals surface area contributed by atoms with E-state index in [2.05, 4.69) is 18.7 Å². The Bertz CT molecular complexity index is 196. The molecule has 3 heteroatoms. The van der Waals surface area contributed by atoms with Crippen molar-refractivity contribution in [2.75, 3.05) is 19.6 Å². The molecule has 3 nitrogen and oxygen atoms in total. The first-order chi connectivity index (χ1) is 7.20. The predicted molar refractivity (Wildman–Crippen MR) is 61.8 cm³/mol. The van der Waals surface area contributed by atoms with Crippen LogP contribution >= 0.6 is 0 Å². The van der Waals surface area contributed by atoms with E-state index in [0.29, 0.717) is 18.2 Å². The lowest BCUT2D eigenvalue weighted by molar-refractivity contribution is -0.0901. The monoisotopic (exact) mass is 212 g/mol. The van der Waals surface area contributed by atoms with E-state index in [4.69, 9.17) is 10.5 Å². The lowest BCUT2D eigenvalue weighted by Gasteiger charge is -2.45. The Kier molecular flexibility index (Phi) is 3.65. The van der Waals surface area contributed by atoms with Gasteiger partial charge in [-0.25, -0.2) is 0 Å². The van der Waals surface area contributed by atoms with Crippen molar-refractivity contribution in [1.29, 1.82) is 0 Å². The van der Waals surface area contributed by atoms with Crippen LogP contribution in [-0.2, 0) is 4.74 Å².